The highest BCUT2D eigenvalue weighted by molar-refractivity contribution is 7.13. The van der Waals surface area contributed by atoms with Crippen LogP contribution in [0.4, 0.5) is 18.9 Å². The van der Waals surface area contributed by atoms with Gasteiger partial charge in [0.1, 0.15) is 5.01 Å². The fourth-order valence-corrected chi connectivity index (χ4v) is 2.86. The van der Waals surface area contributed by atoms with E-state index < -0.39 is 11.7 Å². The van der Waals surface area contributed by atoms with Crippen LogP contribution in [0.3, 0.4) is 0 Å². The van der Waals surface area contributed by atoms with Gasteiger partial charge >= 0.3 is 6.18 Å². The zero-order chi connectivity index (χ0) is 17.2. The summed E-state index contributed by atoms with van der Waals surface area (Å²) in [5, 5.41) is 2.33. The van der Waals surface area contributed by atoms with E-state index in [0.717, 1.165) is 29.8 Å². The summed E-state index contributed by atoms with van der Waals surface area (Å²) in [6, 6.07) is 2.28. The molecular weight excluding hydrogens is 321 g/mol. The zero-order valence-electron chi connectivity index (χ0n) is 13.5. The van der Waals surface area contributed by atoms with E-state index >= 15 is 0 Å². The predicted molar refractivity (Wildman–Crippen MR) is 89.5 cm³/mol. The number of hydrogen-bond donors (Lipinski definition) is 0. The van der Waals surface area contributed by atoms with Gasteiger partial charge in [0.15, 0.2) is 0 Å². The van der Waals surface area contributed by atoms with Crippen LogP contribution in [0.5, 0.6) is 0 Å². The maximum Gasteiger partial charge on any atom is 0.416 e. The second-order valence-corrected chi connectivity index (χ2v) is 6.46. The molecule has 0 aliphatic rings. The van der Waals surface area contributed by atoms with Crippen LogP contribution in [0.2, 0.25) is 0 Å². The van der Waals surface area contributed by atoms with E-state index in [1.807, 2.05) is 20.8 Å². The van der Waals surface area contributed by atoms with Gasteiger partial charge in [-0.1, -0.05) is 13.8 Å². The highest BCUT2D eigenvalue weighted by Gasteiger charge is 2.32. The Labute approximate surface area is 138 Å². The van der Waals surface area contributed by atoms with Crippen LogP contribution in [0, 0.1) is 12.8 Å². The first kappa shape index (κ1) is 17.7. The smallest absolute Gasteiger partial charge is 0.258 e. The van der Waals surface area contributed by atoms with Crippen molar-refractivity contribution in [2.75, 3.05) is 0 Å². The number of nitrogens with zero attached hydrogens (tertiary/aromatic N) is 2. The van der Waals surface area contributed by atoms with E-state index in [0.29, 0.717) is 16.3 Å². The van der Waals surface area contributed by atoms with Crippen LogP contribution in [-0.4, -0.2) is 10.7 Å². The molecule has 0 bridgehead atoms. The summed E-state index contributed by atoms with van der Waals surface area (Å²) < 4.78 is 39.7. The normalized spacial score (nSPS) is 14.1. The molecule has 1 aromatic carbocycles. The molecule has 2 rings (SSSR count). The number of hydrogen-bond acceptors (Lipinski definition) is 3. The Morgan fingerprint density at radius 2 is 2.04 bits per heavy atom. The van der Waals surface area contributed by atoms with Gasteiger partial charge in [-0.3, -0.25) is 4.99 Å². The molecule has 0 fully saturated rings. The lowest BCUT2D eigenvalue weighted by Gasteiger charge is -2.15. The van der Waals surface area contributed by atoms with Gasteiger partial charge in [0.2, 0.25) is 0 Å². The minimum atomic E-state index is -4.41. The number of aliphatic imine (C=N–C) groups is 1. The van der Waals surface area contributed by atoms with Gasteiger partial charge in [0.05, 0.1) is 11.3 Å². The molecule has 0 spiro atoms. The summed E-state index contributed by atoms with van der Waals surface area (Å²) in [6.45, 7) is 7.70. The summed E-state index contributed by atoms with van der Waals surface area (Å²) in [4.78, 5) is 8.61. The van der Waals surface area contributed by atoms with Gasteiger partial charge in [-0.2, -0.15) is 13.2 Å². The lowest BCUT2D eigenvalue weighted by Crippen LogP contribution is -2.07. The maximum absolute atomic E-state index is 13.2. The van der Waals surface area contributed by atoms with Crippen molar-refractivity contribution < 1.29 is 13.2 Å². The molecule has 0 saturated carbocycles. The molecule has 1 aromatic heterocycles. The molecule has 0 amide bonds. The molecular formula is C17H19F3N2S. The van der Waals surface area contributed by atoms with Gasteiger partial charge < -0.3 is 0 Å². The third kappa shape index (κ3) is 3.99. The average Bonchev–Trinajstić information content (AvgIpc) is 3.01. The summed E-state index contributed by atoms with van der Waals surface area (Å²) in [5.41, 5.74) is 1.72. The highest BCUT2D eigenvalue weighted by Crippen LogP contribution is 2.39. The molecule has 23 heavy (non-hydrogen) atoms. The standard InChI is InChI=1S/C17H19F3N2S/c1-5-10(2)12(4)22-15-9-13(17(18,19)20)8-14(11(15)3)16-21-6-7-23-16/h6-10H,5H2,1-4H3/b22-12-. The first-order valence-electron chi connectivity index (χ1n) is 7.41. The second-order valence-electron chi connectivity index (χ2n) is 5.57. The van der Waals surface area contributed by atoms with Gasteiger partial charge in [0.25, 0.3) is 0 Å². The Bertz CT molecular complexity index is 703. The molecule has 0 saturated heterocycles. The zero-order valence-corrected chi connectivity index (χ0v) is 14.3. The van der Waals surface area contributed by atoms with Crippen molar-refractivity contribution >= 4 is 22.7 Å². The lowest BCUT2D eigenvalue weighted by molar-refractivity contribution is -0.137. The summed E-state index contributed by atoms with van der Waals surface area (Å²) >= 11 is 1.32. The summed E-state index contributed by atoms with van der Waals surface area (Å²) in [7, 11) is 0. The largest absolute Gasteiger partial charge is 0.416 e. The van der Waals surface area contributed by atoms with E-state index in [4.69, 9.17) is 0 Å². The van der Waals surface area contributed by atoms with Gasteiger partial charge in [0, 0.05) is 22.9 Å². The molecule has 0 aliphatic carbocycles. The van der Waals surface area contributed by atoms with Crippen molar-refractivity contribution in [3.63, 3.8) is 0 Å². The number of rotatable bonds is 4. The molecule has 6 heteroatoms. The fraction of sp³-hybridized carbons (Fsp3) is 0.412. The molecule has 0 radical (unpaired) electrons. The molecule has 1 atom stereocenters. The highest BCUT2D eigenvalue weighted by atomic mass is 32.1. The van der Waals surface area contributed by atoms with Crippen molar-refractivity contribution in [3.8, 4) is 10.6 Å². The molecule has 1 unspecified atom stereocenters. The number of alkyl halides is 3. The molecule has 2 aromatic rings. The number of benzene rings is 1. The second kappa shape index (κ2) is 6.83. The molecule has 2 nitrogen and oxygen atoms in total. The van der Waals surface area contributed by atoms with Crippen LogP contribution in [0.25, 0.3) is 10.6 Å². The number of halogens is 3. The van der Waals surface area contributed by atoms with Gasteiger partial charge in [-0.15, -0.1) is 11.3 Å². The van der Waals surface area contributed by atoms with Crippen molar-refractivity contribution in [2.45, 2.75) is 40.3 Å². The molecule has 0 aliphatic heterocycles. The Kier molecular flexibility index (Phi) is 5.24. The van der Waals surface area contributed by atoms with Gasteiger partial charge in [-0.25, -0.2) is 4.98 Å². The fourth-order valence-electron chi connectivity index (χ4n) is 2.15. The molecule has 124 valence electrons. The quantitative estimate of drug-likeness (QED) is 0.602. The van der Waals surface area contributed by atoms with Crippen LogP contribution >= 0.6 is 11.3 Å². The Morgan fingerprint density at radius 3 is 2.57 bits per heavy atom. The maximum atomic E-state index is 13.2. The monoisotopic (exact) mass is 340 g/mol. The SMILES string of the molecule is CCC(C)/C(C)=N\c1cc(C(F)(F)F)cc(-c2nccs2)c1C. The van der Waals surface area contributed by atoms with Crippen molar-refractivity contribution in [1.29, 1.82) is 0 Å². The summed E-state index contributed by atoms with van der Waals surface area (Å²) in [5.74, 6) is 0.229. The van der Waals surface area contributed by atoms with Crippen LogP contribution < -0.4 is 0 Å². The Balaban J connectivity index is 2.64. The number of aromatic nitrogens is 1. The Morgan fingerprint density at radius 1 is 1.35 bits per heavy atom. The lowest BCUT2D eigenvalue weighted by atomic mass is 10.0. The van der Waals surface area contributed by atoms with E-state index in [1.165, 1.54) is 11.3 Å². The molecule has 0 N–H and O–H groups in total. The van der Waals surface area contributed by atoms with Crippen LogP contribution in [0.1, 0.15) is 38.3 Å². The van der Waals surface area contributed by atoms with Gasteiger partial charge in [-0.05, 0) is 43.9 Å². The predicted octanol–water partition coefficient (Wildman–Crippen LogP) is 6.28. The summed E-state index contributed by atoms with van der Waals surface area (Å²) in [6.07, 6.45) is -1.92. The van der Waals surface area contributed by atoms with Crippen molar-refractivity contribution in [2.24, 2.45) is 10.9 Å². The van der Waals surface area contributed by atoms with Crippen LogP contribution in [-0.2, 0) is 6.18 Å². The van der Waals surface area contributed by atoms with E-state index in [-0.39, 0.29) is 5.92 Å². The first-order valence-corrected chi connectivity index (χ1v) is 8.28. The Hall–Kier alpha value is -1.69. The third-order valence-electron chi connectivity index (χ3n) is 3.99. The molecule has 1 heterocycles. The average molecular weight is 340 g/mol. The van der Waals surface area contributed by atoms with E-state index in [9.17, 15) is 13.2 Å². The van der Waals surface area contributed by atoms with Crippen LogP contribution in [0.15, 0.2) is 28.7 Å². The van der Waals surface area contributed by atoms with Crippen molar-refractivity contribution in [3.05, 3.63) is 34.8 Å². The third-order valence-corrected chi connectivity index (χ3v) is 4.80. The van der Waals surface area contributed by atoms with E-state index in [1.54, 1.807) is 18.5 Å². The minimum absolute atomic E-state index is 0.229. The number of thiazole rings is 1. The minimum Gasteiger partial charge on any atom is -0.258 e. The first-order chi connectivity index (χ1) is 10.7. The topological polar surface area (TPSA) is 25.2 Å². The van der Waals surface area contributed by atoms with Crippen molar-refractivity contribution in [1.82, 2.24) is 4.98 Å². The van der Waals surface area contributed by atoms with E-state index in [2.05, 4.69) is 9.98 Å².